The lowest BCUT2D eigenvalue weighted by Gasteiger charge is -2.36. The van der Waals surface area contributed by atoms with Crippen LogP contribution in [0.15, 0.2) is 0 Å². The van der Waals surface area contributed by atoms with Crippen LogP contribution in [-0.4, -0.2) is 56.1 Å². The minimum absolute atomic E-state index is 0.0180. The molecule has 116 valence electrons. The van der Waals surface area contributed by atoms with Gasteiger partial charge in [-0.15, -0.1) is 0 Å². The van der Waals surface area contributed by atoms with E-state index >= 15 is 0 Å². The summed E-state index contributed by atoms with van der Waals surface area (Å²) in [5.74, 6) is 0. The van der Waals surface area contributed by atoms with Gasteiger partial charge in [-0.25, -0.2) is 0 Å². The summed E-state index contributed by atoms with van der Waals surface area (Å²) < 4.78 is 24.4. The standard InChI is InChI=1S/C15H29BO4/c1-7-14(5,6)19-11-10-12(16)20-15(11,8-17-10)9-18-13(2,3)4/h10-12H,7-9,16H2,1-6H3/t10?,11?,12?,15-/m1/s1. The second-order valence-corrected chi connectivity index (χ2v) is 7.72. The van der Waals surface area contributed by atoms with E-state index in [9.17, 15) is 0 Å². The molecule has 5 heteroatoms. The van der Waals surface area contributed by atoms with Crippen LogP contribution in [0.2, 0.25) is 0 Å². The van der Waals surface area contributed by atoms with E-state index in [1.54, 1.807) is 0 Å². The monoisotopic (exact) mass is 284 g/mol. The topological polar surface area (TPSA) is 36.9 Å². The van der Waals surface area contributed by atoms with Crippen molar-refractivity contribution in [3.8, 4) is 0 Å². The summed E-state index contributed by atoms with van der Waals surface area (Å²) >= 11 is 0. The Labute approximate surface area is 123 Å². The first-order chi connectivity index (χ1) is 9.09. The third-order valence-corrected chi connectivity index (χ3v) is 4.27. The third-order valence-electron chi connectivity index (χ3n) is 4.27. The fraction of sp³-hybridized carbons (Fsp3) is 1.00. The van der Waals surface area contributed by atoms with Crippen LogP contribution in [0, 0.1) is 0 Å². The van der Waals surface area contributed by atoms with Gasteiger partial charge in [-0.3, -0.25) is 0 Å². The molecule has 0 spiro atoms. The molecule has 2 heterocycles. The Bertz CT molecular complexity index is 352. The second kappa shape index (κ2) is 5.27. The van der Waals surface area contributed by atoms with Crippen LogP contribution in [0.1, 0.15) is 48.0 Å². The first-order valence-electron chi connectivity index (χ1n) is 7.70. The Morgan fingerprint density at radius 1 is 1.25 bits per heavy atom. The highest BCUT2D eigenvalue weighted by atomic mass is 16.7. The Kier molecular flexibility index (Phi) is 4.29. The van der Waals surface area contributed by atoms with Crippen molar-refractivity contribution in [1.82, 2.24) is 0 Å². The zero-order chi connectivity index (χ0) is 15.2. The molecule has 0 saturated carbocycles. The van der Waals surface area contributed by atoms with Gasteiger partial charge in [-0.05, 0) is 41.0 Å². The molecule has 2 aliphatic rings. The fourth-order valence-corrected chi connectivity index (χ4v) is 2.72. The van der Waals surface area contributed by atoms with Gasteiger partial charge in [-0.1, -0.05) is 6.92 Å². The molecule has 0 aromatic carbocycles. The Morgan fingerprint density at radius 2 is 1.90 bits per heavy atom. The average Bonchev–Trinajstić information content (AvgIpc) is 2.77. The molecule has 3 unspecified atom stereocenters. The highest BCUT2D eigenvalue weighted by Crippen LogP contribution is 2.43. The van der Waals surface area contributed by atoms with E-state index < -0.39 is 5.60 Å². The Balaban J connectivity index is 2.12. The van der Waals surface area contributed by atoms with Gasteiger partial charge in [0.1, 0.15) is 25.7 Å². The molecule has 2 saturated heterocycles. The summed E-state index contributed by atoms with van der Waals surface area (Å²) in [6.45, 7) is 13.6. The van der Waals surface area contributed by atoms with Crippen LogP contribution in [0.4, 0.5) is 0 Å². The van der Waals surface area contributed by atoms with Crippen molar-refractivity contribution in [3.63, 3.8) is 0 Å². The summed E-state index contributed by atoms with van der Waals surface area (Å²) in [5, 5.41) is 0. The van der Waals surface area contributed by atoms with E-state index in [4.69, 9.17) is 18.9 Å². The van der Waals surface area contributed by atoms with Gasteiger partial charge in [-0.2, -0.15) is 0 Å². The van der Waals surface area contributed by atoms with E-state index in [2.05, 4.69) is 49.4 Å². The molecule has 2 bridgehead atoms. The minimum atomic E-state index is -0.455. The van der Waals surface area contributed by atoms with Crippen LogP contribution in [0.3, 0.4) is 0 Å². The van der Waals surface area contributed by atoms with Gasteiger partial charge >= 0.3 is 0 Å². The molecule has 2 aliphatic heterocycles. The molecule has 0 amide bonds. The zero-order valence-electron chi connectivity index (χ0n) is 14.0. The molecular weight excluding hydrogens is 255 g/mol. The Morgan fingerprint density at radius 3 is 2.40 bits per heavy atom. The largest absolute Gasteiger partial charge is 0.373 e. The molecule has 0 aromatic rings. The van der Waals surface area contributed by atoms with Gasteiger partial charge in [0.2, 0.25) is 0 Å². The highest BCUT2D eigenvalue weighted by molar-refractivity contribution is 6.11. The van der Waals surface area contributed by atoms with Gasteiger partial charge < -0.3 is 18.9 Å². The lowest BCUT2D eigenvalue weighted by Crippen LogP contribution is -2.50. The van der Waals surface area contributed by atoms with Gasteiger partial charge in [0.25, 0.3) is 0 Å². The van der Waals surface area contributed by atoms with Crippen molar-refractivity contribution in [3.05, 3.63) is 0 Å². The number of hydrogen-bond donors (Lipinski definition) is 0. The molecule has 2 fully saturated rings. The van der Waals surface area contributed by atoms with E-state index in [1.165, 1.54) is 0 Å². The SMILES string of the molecule is BC1O[C@@]2(COC(C)(C)C)COC1C2OC(C)(C)CC. The van der Waals surface area contributed by atoms with Crippen molar-refractivity contribution in [2.24, 2.45) is 0 Å². The van der Waals surface area contributed by atoms with Crippen LogP contribution < -0.4 is 0 Å². The number of rotatable bonds is 5. The maximum atomic E-state index is 6.34. The highest BCUT2D eigenvalue weighted by Gasteiger charge is 2.62. The molecule has 4 atom stereocenters. The van der Waals surface area contributed by atoms with Crippen molar-refractivity contribution in [1.29, 1.82) is 0 Å². The predicted octanol–water partition coefficient (Wildman–Crippen LogP) is 1.50. The van der Waals surface area contributed by atoms with Gasteiger partial charge in [0.05, 0.1) is 30.4 Å². The lowest BCUT2D eigenvalue weighted by molar-refractivity contribution is -0.183. The van der Waals surface area contributed by atoms with Crippen molar-refractivity contribution >= 4 is 7.85 Å². The Hall–Kier alpha value is -0.0951. The molecule has 4 nitrogen and oxygen atoms in total. The first-order valence-corrected chi connectivity index (χ1v) is 7.70. The molecule has 0 N–H and O–H groups in total. The molecule has 0 aromatic heterocycles. The average molecular weight is 284 g/mol. The molecule has 0 aliphatic carbocycles. The van der Waals surface area contributed by atoms with E-state index in [1.807, 2.05) is 0 Å². The summed E-state index contributed by atoms with van der Waals surface area (Å²) in [4.78, 5) is 0. The van der Waals surface area contributed by atoms with Crippen LogP contribution in [0.5, 0.6) is 0 Å². The maximum absolute atomic E-state index is 6.34. The van der Waals surface area contributed by atoms with Crippen molar-refractivity contribution < 1.29 is 18.9 Å². The lowest BCUT2D eigenvalue weighted by atomic mass is 9.91. The van der Waals surface area contributed by atoms with E-state index in [0.717, 1.165) is 6.42 Å². The number of hydrogen-bond acceptors (Lipinski definition) is 4. The van der Waals surface area contributed by atoms with Gasteiger partial charge in [0, 0.05) is 0 Å². The van der Waals surface area contributed by atoms with E-state index in [-0.39, 0.29) is 29.4 Å². The van der Waals surface area contributed by atoms with Crippen molar-refractivity contribution in [2.75, 3.05) is 13.2 Å². The van der Waals surface area contributed by atoms with Crippen molar-refractivity contribution in [2.45, 2.75) is 83.0 Å². The molecule has 0 radical (unpaired) electrons. The number of fused-ring (bicyclic) bond motifs is 2. The molecule has 2 rings (SSSR count). The fourth-order valence-electron chi connectivity index (χ4n) is 2.72. The normalized spacial score (nSPS) is 37.6. The molecular formula is C15H29BO4. The maximum Gasteiger partial charge on any atom is 0.143 e. The van der Waals surface area contributed by atoms with E-state index in [0.29, 0.717) is 13.2 Å². The molecule has 20 heavy (non-hydrogen) atoms. The summed E-state index contributed by atoms with van der Waals surface area (Å²) in [5.41, 5.74) is -0.812. The summed E-state index contributed by atoms with van der Waals surface area (Å²) in [6, 6.07) is 0.0602. The second-order valence-electron chi connectivity index (χ2n) is 7.72. The third kappa shape index (κ3) is 3.21. The van der Waals surface area contributed by atoms with Gasteiger partial charge in [0.15, 0.2) is 0 Å². The zero-order valence-corrected chi connectivity index (χ0v) is 14.0. The van der Waals surface area contributed by atoms with Crippen LogP contribution >= 0.6 is 0 Å². The first kappa shape index (κ1) is 16.3. The number of ether oxygens (including phenoxy) is 4. The summed E-state index contributed by atoms with van der Waals surface area (Å²) in [7, 11) is 2.05. The van der Waals surface area contributed by atoms with Crippen LogP contribution in [0.25, 0.3) is 0 Å². The summed E-state index contributed by atoms with van der Waals surface area (Å²) in [6.07, 6.45) is 0.931. The predicted molar refractivity (Wildman–Crippen MR) is 80.8 cm³/mol. The quantitative estimate of drug-likeness (QED) is 0.717. The smallest absolute Gasteiger partial charge is 0.143 e. The van der Waals surface area contributed by atoms with Crippen LogP contribution in [-0.2, 0) is 18.9 Å². The minimum Gasteiger partial charge on any atom is -0.373 e.